The summed E-state index contributed by atoms with van der Waals surface area (Å²) in [6, 6.07) is 31.1. The van der Waals surface area contributed by atoms with Gasteiger partial charge in [0.1, 0.15) is 0 Å². The summed E-state index contributed by atoms with van der Waals surface area (Å²) in [4.78, 5) is 0. The van der Waals surface area contributed by atoms with Crippen LogP contribution in [0.25, 0.3) is 6.08 Å². The van der Waals surface area contributed by atoms with Crippen LogP contribution in [0.1, 0.15) is 16.8 Å². The Labute approximate surface area is 152 Å². The first-order valence-electron chi connectivity index (χ1n) is 8.01. The molecule has 0 heterocycles. The number of hydrogen-bond acceptors (Lipinski definition) is 0. The van der Waals surface area contributed by atoms with Crippen LogP contribution in [-0.4, -0.2) is 22.5 Å². The molecule has 0 saturated heterocycles. The summed E-state index contributed by atoms with van der Waals surface area (Å²) >= 11 is 0.520. The van der Waals surface area contributed by atoms with Crippen molar-refractivity contribution in [1.29, 1.82) is 0 Å². The molecule has 1 unspecified atom stereocenters. The van der Waals surface area contributed by atoms with Gasteiger partial charge in [-0.3, -0.25) is 0 Å². The van der Waals surface area contributed by atoms with Gasteiger partial charge in [0.05, 0.1) is 0 Å². The molecule has 0 fully saturated rings. The molecule has 0 aliphatic heterocycles. The molecule has 1 aliphatic rings. The fourth-order valence-electron chi connectivity index (χ4n) is 3.43. The molecule has 0 radical (unpaired) electrons. The van der Waals surface area contributed by atoms with Gasteiger partial charge in [-0.1, -0.05) is 0 Å². The Kier molecular flexibility index (Phi) is 4.37. The summed E-state index contributed by atoms with van der Waals surface area (Å²) in [6.07, 6.45) is 2.46. The van der Waals surface area contributed by atoms with Crippen molar-refractivity contribution in [3.63, 3.8) is 0 Å². The minimum atomic E-state index is -0.394. The summed E-state index contributed by atoms with van der Waals surface area (Å²) in [5.74, 6) is 0. The number of rotatable bonds is 3. The fourth-order valence-corrected chi connectivity index (χ4v) is 10.3. The van der Waals surface area contributed by atoms with Gasteiger partial charge in [-0.15, -0.1) is 0 Å². The average Bonchev–Trinajstić information content (AvgIpc) is 2.94. The van der Waals surface area contributed by atoms with Crippen molar-refractivity contribution in [2.24, 2.45) is 0 Å². The average molecular weight is 421 g/mol. The van der Waals surface area contributed by atoms with Crippen LogP contribution in [0.15, 0.2) is 88.5 Å². The van der Waals surface area contributed by atoms with Gasteiger partial charge in [-0.05, 0) is 0 Å². The van der Waals surface area contributed by atoms with Gasteiger partial charge in [0.2, 0.25) is 0 Å². The van der Waals surface area contributed by atoms with E-state index in [9.17, 15) is 0 Å². The van der Waals surface area contributed by atoms with Crippen molar-refractivity contribution in [3.05, 3.63) is 99.6 Å². The van der Waals surface area contributed by atoms with Crippen molar-refractivity contribution in [1.82, 2.24) is 0 Å². The van der Waals surface area contributed by atoms with Gasteiger partial charge in [-0.2, -0.15) is 0 Å². The Hall–Kier alpha value is -1.37. The molecule has 112 valence electrons. The van der Waals surface area contributed by atoms with E-state index in [0.717, 1.165) is 0 Å². The molecule has 3 aromatic rings. The fraction of sp³-hybridized carbons (Fsp3) is 0.0476. The van der Waals surface area contributed by atoms with E-state index in [0.29, 0.717) is 28.2 Å². The van der Waals surface area contributed by atoms with Crippen LogP contribution in [0, 0.1) is 0 Å². The predicted molar refractivity (Wildman–Crippen MR) is 106 cm³/mol. The summed E-state index contributed by atoms with van der Waals surface area (Å²) in [5, 5.41) is 2.96. The van der Waals surface area contributed by atoms with Gasteiger partial charge in [0, 0.05) is 0 Å². The molecule has 0 N–H and O–H groups in total. The molecule has 1 aliphatic carbocycles. The molecular formula is C21H19PSn. The van der Waals surface area contributed by atoms with E-state index in [1.54, 1.807) is 3.59 Å². The molecule has 0 saturated carbocycles. The predicted octanol–water partition coefficient (Wildman–Crippen LogP) is 3.58. The maximum absolute atomic E-state index is 2.46. The summed E-state index contributed by atoms with van der Waals surface area (Å²) in [7, 11) is -0.394. The normalized spacial score (nSPS) is 16.4. The summed E-state index contributed by atoms with van der Waals surface area (Å²) in [6.45, 7) is 0. The first-order chi connectivity index (χ1) is 11.3. The van der Waals surface area contributed by atoms with Crippen molar-refractivity contribution in [2.45, 2.75) is 5.66 Å². The third-order valence-electron chi connectivity index (χ3n) is 4.43. The van der Waals surface area contributed by atoms with Gasteiger partial charge in [0.15, 0.2) is 0 Å². The minimum absolute atomic E-state index is 0.394. The summed E-state index contributed by atoms with van der Waals surface area (Å²) in [5.41, 5.74) is 3.54. The number of fused-ring (bicyclic) bond motifs is 1. The van der Waals surface area contributed by atoms with Crippen LogP contribution in [-0.2, 0) is 0 Å². The standard InChI is InChI=1S/C21H16P.Sn.3H/c1-3-10-18(11-4-1)22(19-12-5-2-6-13-19)21-16-15-17-9-7-8-14-20(17)21;;;;/h1-15,21H;;;;. The van der Waals surface area contributed by atoms with Crippen LogP contribution >= 0.6 is 7.92 Å². The van der Waals surface area contributed by atoms with Crippen LogP contribution in [0.2, 0.25) is 0 Å². The van der Waals surface area contributed by atoms with E-state index in [1.807, 2.05) is 0 Å². The zero-order chi connectivity index (χ0) is 15.6. The maximum atomic E-state index is 2.46. The van der Waals surface area contributed by atoms with E-state index in [2.05, 4.69) is 91.0 Å². The molecular weight excluding hydrogens is 402 g/mol. The molecule has 3 aromatic carbocycles. The number of benzene rings is 3. The Bertz CT molecular complexity index is 800. The van der Waals surface area contributed by atoms with Gasteiger partial charge in [-0.25, -0.2) is 0 Å². The molecule has 4 rings (SSSR count). The Morgan fingerprint density at radius 3 is 1.78 bits per heavy atom. The first-order valence-corrected chi connectivity index (χ1v) is 12.3. The van der Waals surface area contributed by atoms with E-state index in [4.69, 9.17) is 0 Å². The quantitative estimate of drug-likeness (QED) is 0.448. The molecule has 0 amide bonds. The Balaban J connectivity index is 1.89. The molecule has 2 heteroatoms. The van der Waals surface area contributed by atoms with Crippen LogP contribution < -0.4 is 10.6 Å². The number of hydrogen-bond donors (Lipinski definition) is 0. The van der Waals surface area contributed by atoms with E-state index in [1.165, 1.54) is 21.7 Å². The van der Waals surface area contributed by atoms with Crippen molar-refractivity contribution < 1.29 is 0 Å². The van der Waals surface area contributed by atoms with E-state index in [-0.39, 0.29) is 0 Å². The van der Waals surface area contributed by atoms with E-state index >= 15 is 0 Å². The molecule has 0 aromatic heterocycles. The second-order valence-corrected chi connectivity index (χ2v) is 11.5. The topological polar surface area (TPSA) is 0 Å². The van der Waals surface area contributed by atoms with Crippen LogP contribution in [0.5, 0.6) is 0 Å². The van der Waals surface area contributed by atoms with Crippen molar-refractivity contribution >= 4 is 47.1 Å². The SMILES string of the molecule is [SnH3][C]1=Cc2ccccc2C1P(c1ccccc1)c1ccccc1. The van der Waals surface area contributed by atoms with Crippen LogP contribution in [0.3, 0.4) is 0 Å². The Morgan fingerprint density at radius 1 is 0.652 bits per heavy atom. The first kappa shape index (κ1) is 15.2. The molecule has 0 bridgehead atoms. The van der Waals surface area contributed by atoms with Crippen LogP contribution in [0.4, 0.5) is 0 Å². The third-order valence-corrected chi connectivity index (χ3v) is 11.2. The second-order valence-electron chi connectivity index (χ2n) is 5.96. The molecule has 0 spiro atoms. The molecule has 23 heavy (non-hydrogen) atoms. The zero-order valence-corrected chi connectivity index (χ0v) is 19.8. The van der Waals surface area contributed by atoms with Gasteiger partial charge in [0.25, 0.3) is 0 Å². The molecule has 1 atom stereocenters. The van der Waals surface area contributed by atoms with Crippen molar-refractivity contribution in [3.8, 4) is 0 Å². The number of allylic oxidation sites excluding steroid dienone is 1. The third kappa shape index (κ3) is 2.91. The Morgan fingerprint density at radius 2 is 1.17 bits per heavy atom. The monoisotopic (exact) mass is 422 g/mol. The van der Waals surface area contributed by atoms with Gasteiger partial charge < -0.3 is 0 Å². The molecule has 0 nitrogen and oxygen atoms in total. The second kappa shape index (κ2) is 6.63. The summed E-state index contributed by atoms with van der Waals surface area (Å²) < 4.78 is 1.69. The van der Waals surface area contributed by atoms with Crippen molar-refractivity contribution in [2.75, 3.05) is 0 Å². The zero-order valence-electron chi connectivity index (χ0n) is 13.2. The van der Waals surface area contributed by atoms with Gasteiger partial charge >= 0.3 is 152 Å². The van der Waals surface area contributed by atoms with E-state index < -0.39 is 7.92 Å².